The van der Waals surface area contributed by atoms with Crippen molar-refractivity contribution < 1.29 is 29.0 Å². The number of benzene rings is 3. The zero-order valence-corrected chi connectivity index (χ0v) is 20.6. The van der Waals surface area contributed by atoms with Crippen molar-refractivity contribution in [3.63, 3.8) is 0 Å². The summed E-state index contributed by atoms with van der Waals surface area (Å²) in [7, 11) is 0. The van der Waals surface area contributed by atoms with E-state index in [1.54, 1.807) is 6.07 Å². The molecule has 0 aromatic heterocycles. The number of halogens is 1. The number of aromatic hydroxyl groups is 2. The maximum absolute atomic E-state index is 14.0. The van der Waals surface area contributed by atoms with E-state index in [9.17, 15) is 29.0 Å². The summed E-state index contributed by atoms with van der Waals surface area (Å²) in [6.07, 6.45) is 0.960. The Morgan fingerprint density at radius 1 is 0.895 bits per heavy atom. The third-order valence-corrected chi connectivity index (χ3v) is 8.03. The first kappa shape index (κ1) is 24.1. The van der Waals surface area contributed by atoms with Crippen LogP contribution in [0.25, 0.3) is 0 Å². The first-order chi connectivity index (χ1) is 18.2. The van der Waals surface area contributed by atoms with Gasteiger partial charge in [0.2, 0.25) is 17.7 Å². The zero-order valence-electron chi connectivity index (χ0n) is 20.6. The number of likely N-dealkylation sites (tertiary alicyclic amines) is 1. The molecule has 3 heterocycles. The Morgan fingerprint density at radius 3 is 2.32 bits per heavy atom. The number of carbonyl (C=O) groups excluding carboxylic acids is 3. The minimum Gasteiger partial charge on any atom is -0.504 e. The second-order valence-corrected chi connectivity index (χ2v) is 10.2. The molecule has 194 valence electrons. The molecular weight excluding hydrogens is 489 g/mol. The number of imide groups is 1. The number of aryl methyl sites for hydroxylation is 1. The van der Waals surface area contributed by atoms with Crippen LogP contribution in [0.15, 0.2) is 60.7 Å². The molecular formula is C29H26FN3O5. The number of nitrogens with one attached hydrogen (secondary N) is 2. The number of hydrogen-bond acceptors (Lipinski definition) is 6. The number of anilines is 1. The molecule has 3 aromatic carbocycles. The Morgan fingerprint density at radius 2 is 1.61 bits per heavy atom. The van der Waals surface area contributed by atoms with Crippen molar-refractivity contribution in [3.05, 3.63) is 88.7 Å². The van der Waals surface area contributed by atoms with Gasteiger partial charge in [-0.3, -0.25) is 24.6 Å². The van der Waals surface area contributed by atoms with E-state index in [1.165, 1.54) is 41.3 Å². The number of phenolic OH excluding ortho intramolecular Hbond substituents is 2. The van der Waals surface area contributed by atoms with E-state index < -0.39 is 47.0 Å². The molecule has 3 aromatic rings. The van der Waals surface area contributed by atoms with Crippen LogP contribution in [0, 0.1) is 17.7 Å². The van der Waals surface area contributed by atoms with Crippen molar-refractivity contribution >= 4 is 23.4 Å². The maximum Gasteiger partial charge on any atom is 0.250 e. The van der Waals surface area contributed by atoms with Gasteiger partial charge in [0.25, 0.3) is 0 Å². The van der Waals surface area contributed by atoms with Crippen LogP contribution in [0.3, 0.4) is 0 Å². The molecule has 0 radical (unpaired) electrons. The van der Waals surface area contributed by atoms with Gasteiger partial charge >= 0.3 is 0 Å². The molecule has 1 spiro atoms. The van der Waals surface area contributed by atoms with Crippen LogP contribution in [-0.2, 0) is 39.3 Å². The minimum absolute atomic E-state index is 0.0305. The predicted molar refractivity (Wildman–Crippen MR) is 135 cm³/mol. The van der Waals surface area contributed by atoms with Crippen LogP contribution in [0.5, 0.6) is 11.5 Å². The molecule has 9 heteroatoms. The van der Waals surface area contributed by atoms with Crippen LogP contribution in [0.2, 0.25) is 0 Å². The van der Waals surface area contributed by atoms with Crippen LogP contribution >= 0.6 is 0 Å². The standard InChI is InChI=1S/C29H26FN3O5/c1-2-15-5-9-20-19(11-15)29(28(38)31-20)25-24(21(32-29)12-17-6-10-22(34)23(35)13-17)26(36)33(27(25)37)14-16-3-7-18(30)8-4-16/h3-11,13,21,24-25,32,34-35H,2,12,14H2,1H3,(H,31,38)/t21-,24+,25-,29+/m0/s1. The van der Waals surface area contributed by atoms with E-state index in [-0.39, 0.29) is 24.5 Å². The predicted octanol–water partition coefficient (Wildman–Crippen LogP) is 2.96. The van der Waals surface area contributed by atoms with Gasteiger partial charge in [-0.2, -0.15) is 0 Å². The highest BCUT2D eigenvalue weighted by Gasteiger charge is 2.70. The van der Waals surface area contributed by atoms with Crippen LogP contribution in [-0.4, -0.2) is 38.9 Å². The molecule has 0 unspecified atom stereocenters. The van der Waals surface area contributed by atoms with Crippen molar-refractivity contribution in [1.29, 1.82) is 0 Å². The lowest BCUT2D eigenvalue weighted by molar-refractivity contribution is -0.143. The summed E-state index contributed by atoms with van der Waals surface area (Å²) < 4.78 is 13.5. The number of carbonyl (C=O) groups is 3. The molecule has 6 rings (SSSR count). The van der Waals surface area contributed by atoms with E-state index in [2.05, 4.69) is 10.6 Å². The molecule has 0 saturated carbocycles. The topological polar surface area (TPSA) is 119 Å². The fourth-order valence-corrected chi connectivity index (χ4v) is 6.18. The molecule has 2 saturated heterocycles. The number of fused-ring (bicyclic) bond motifs is 4. The summed E-state index contributed by atoms with van der Waals surface area (Å²) in [6.45, 7) is 1.97. The van der Waals surface area contributed by atoms with Crippen LogP contribution < -0.4 is 10.6 Å². The van der Waals surface area contributed by atoms with Crippen molar-refractivity contribution in [3.8, 4) is 11.5 Å². The smallest absolute Gasteiger partial charge is 0.250 e. The average molecular weight is 516 g/mol. The number of nitrogens with zero attached hydrogens (tertiary/aromatic N) is 1. The van der Waals surface area contributed by atoms with Gasteiger partial charge < -0.3 is 15.5 Å². The van der Waals surface area contributed by atoms with E-state index in [0.29, 0.717) is 22.4 Å². The summed E-state index contributed by atoms with van der Waals surface area (Å²) in [6, 6.07) is 15.0. The monoisotopic (exact) mass is 515 g/mol. The summed E-state index contributed by atoms with van der Waals surface area (Å²) in [5.74, 6) is -4.08. The quantitative estimate of drug-likeness (QED) is 0.307. The van der Waals surface area contributed by atoms with Crippen LogP contribution in [0.1, 0.15) is 29.2 Å². The van der Waals surface area contributed by atoms with Gasteiger partial charge in [0.1, 0.15) is 11.4 Å². The molecule has 4 atom stereocenters. The highest BCUT2D eigenvalue weighted by atomic mass is 19.1. The molecule has 2 fully saturated rings. The fraction of sp³-hybridized carbons (Fsp3) is 0.276. The van der Waals surface area contributed by atoms with Gasteiger partial charge in [-0.15, -0.1) is 0 Å². The molecule has 3 amide bonds. The molecule has 0 aliphatic carbocycles. The highest BCUT2D eigenvalue weighted by Crippen LogP contribution is 2.53. The summed E-state index contributed by atoms with van der Waals surface area (Å²) in [5, 5.41) is 26.1. The maximum atomic E-state index is 14.0. The van der Waals surface area contributed by atoms with Crippen molar-refractivity contribution in [2.75, 3.05) is 5.32 Å². The average Bonchev–Trinajstić information content (AvgIpc) is 3.47. The summed E-state index contributed by atoms with van der Waals surface area (Å²) >= 11 is 0. The molecule has 4 N–H and O–H groups in total. The number of rotatable bonds is 5. The van der Waals surface area contributed by atoms with Gasteiger partial charge in [0, 0.05) is 17.3 Å². The lowest BCUT2D eigenvalue weighted by Gasteiger charge is -2.30. The fourth-order valence-electron chi connectivity index (χ4n) is 6.18. The molecule has 0 bridgehead atoms. The Bertz CT molecular complexity index is 1490. The Hall–Kier alpha value is -4.24. The highest BCUT2D eigenvalue weighted by molar-refractivity contribution is 6.15. The van der Waals surface area contributed by atoms with Crippen molar-refractivity contribution in [1.82, 2.24) is 10.2 Å². The van der Waals surface area contributed by atoms with E-state index in [4.69, 9.17) is 0 Å². The molecule has 3 aliphatic heterocycles. The minimum atomic E-state index is -1.45. The largest absolute Gasteiger partial charge is 0.504 e. The normalized spacial score (nSPS) is 25.7. The molecule has 8 nitrogen and oxygen atoms in total. The first-order valence-corrected chi connectivity index (χ1v) is 12.6. The number of phenols is 2. The lowest BCUT2D eigenvalue weighted by atomic mass is 9.76. The van der Waals surface area contributed by atoms with Gasteiger partial charge in [-0.05, 0) is 59.9 Å². The second-order valence-electron chi connectivity index (χ2n) is 10.2. The van der Waals surface area contributed by atoms with Crippen LogP contribution in [0.4, 0.5) is 10.1 Å². The third-order valence-electron chi connectivity index (χ3n) is 8.03. The zero-order chi connectivity index (χ0) is 26.8. The summed E-state index contributed by atoms with van der Waals surface area (Å²) in [5.41, 5.74) is 2.01. The Labute approximate surface area is 218 Å². The third kappa shape index (κ3) is 3.49. The van der Waals surface area contributed by atoms with Crippen molar-refractivity contribution in [2.45, 2.75) is 37.9 Å². The summed E-state index contributed by atoms with van der Waals surface area (Å²) in [4.78, 5) is 42.7. The van der Waals surface area contributed by atoms with Gasteiger partial charge in [-0.25, -0.2) is 4.39 Å². The Balaban J connectivity index is 1.45. The van der Waals surface area contributed by atoms with E-state index in [1.807, 2.05) is 25.1 Å². The molecule has 38 heavy (non-hydrogen) atoms. The lowest BCUT2D eigenvalue weighted by Crippen LogP contribution is -2.53. The number of amides is 3. The van der Waals surface area contributed by atoms with E-state index >= 15 is 0 Å². The number of hydrogen-bond donors (Lipinski definition) is 4. The SMILES string of the molecule is CCc1ccc2c(c1)[C@]1(N[C@@H](Cc3ccc(O)c(O)c3)[C@H]3C(=O)N(Cc4ccc(F)cc4)C(=O)[C@H]31)C(=O)N2. The van der Waals surface area contributed by atoms with Gasteiger partial charge in [0.05, 0.1) is 18.4 Å². The van der Waals surface area contributed by atoms with Gasteiger partial charge in [0.15, 0.2) is 11.5 Å². The first-order valence-electron chi connectivity index (χ1n) is 12.6. The van der Waals surface area contributed by atoms with E-state index in [0.717, 1.165) is 12.0 Å². The van der Waals surface area contributed by atoms with Gasteiger partial charge in [-0.1, -0.05) is 37.3 Å². The van der Waals surface area contributed by atoms with Crippen molar-refractivity contribution in [2.24, 2.45) is 11.8 Å². The second kappa shape index (κ2) is 8.66. The molecule has 3 aliphatic rings. The Kier molecular flexibility index (Phi) is 5.50.